The Labute approximate surface area is 166 Å². The Morgan fingerprint density at radius 1 is 0.821 bits per heavy atom. The number of rotatable bonds is 3. The van der Waals surface area contributed by atoms with E-state index in [9.17, 15) is 5.11 Å². The number of hydrogen-bond acceptors (Lipinski definition) is 2. The van der Waals surface area contributed by atoms with Gasteiger partial charge in [-0.15, -0.1) is 0 Å². The Kier molecular flexibility index (Phi) is 4.32. The molecular weight excluding hydrogens is 342 g/mol. The van der Waals surface area contributed by atoms with Gasteiger partial charge in [0, 0.05) is 6.08 Å². The fourth-order valence-corrected chi connectivity index (χ4v) is 6.12. The largest absolute Gasteiger partial charge is 0.508 e. The zero-order valence-corrected chi connectivity index (χ0v) is 16.0. The van der Waals surface area contributed by atoms with Gasteiger partial charge in [-0.3, -0.25) is 0 Å². The van der Waals surface area contributed by atoms with Gasteiger partial charge in [-0.05, 0) is 96.2 Å². The van der Waals surface area contributed by atoms with Gasteiger partial charge in [-0.1, -0.05) is 42.0 Å². The Hall–Kier alpha value is -2.79. The van der Waals surface area contributed by atoms with Crippen molar-refractivity contribution < 1.29 is 5.11 Å². The highest BCUT2D eigenvalue weighted by atomic mass is 16.3. The van der Waals surface area contributed by atoms with Crippen LogP contribution in [0.4, 0.5) is 0 Å². The van der Waals surface area contributed by atoms with E-state index >= 15 is 0 Å². The maximum Gasteiger partial charge on any atom is 0.115 e. The Morgan fingerprint density at radius 2 is 1.36 bits per heavy atom. The molecule has 1 N–H and O–H groups in total. The lowest BCUT2D eigenvalue weighted by atomic mass is 9.53. The SMILES string of the molecule is N#C/C=C/c1ccc(C(=C2C3CC4CC(C3)CC2C4)c2ccc(O)cc2)cc1. The van der Waals surface area contributed by atoms with E-state index in [0.29, 0.717) is 5.75 Å². The smallest absolute Gasteiger partial charge is 0.115 e. The third kappa shape index (κ3) is 3.06. The molecule has 0 aromatic heterocycles. The highest BCUT2D eigenvalue weighted by molar-refractivity contribution is 5.83. The van der Waals surface area contributed by atoms with Gasteiger partial charge >= 0.3 is 0 Å². The number of hydrogen-bond donors (Lipinski definition) is 1. The summed E-state index contributed by atoms with van der Waals surface area (Å²) < 4.78 is 0. The van der Waals surface area contributed by atoms with Gasteiger partial charge in [0.25, 0.3) is 0 Å². The minimum absolute atomic E-state index is 0.315. The average molecular weight is 367 g/mol. The molecule has 4 bridgehead atoms. The fraction of sp³-hybridized carbons (Fsp3) is 0.346. The molecule has 4 aliphatic rings. The molecule has 0 heterocycles. The number of benzene rings is 2. The van der Waals surface area contributed by atoms with Gasteiger partial charge in [0.2, 0.25) is 0 Å². The predicted molar refractivity (Wildman–Crippen MR) is 112 cm³/mol. The van der Waals surface area contributed by atoms with Crippen molar-refractivity contribution in [3.05, 3.63) is 76.9 Å². The molecule has 28 heavy (non-hydrogen) atoms. The normalized spacial score (nSPS) is 27.9. The number of aromatic hydroxyl groups is 1. The van der Waals surface area contributed by atoms with E-state index in [1.165, 1.54) is 54.9 Å². The van der Waals surface area contributed by atoms with Gasteiger partial charge in [0.15, 0.2) is 0 Å². The number of phenols is 1. The quantitative estimate of drug-likeness (QED) is 0.658. The lowest BCUT2D eigenvalue weighted by Gasteiger charge is -2.52. The predicted octanol–water partition coefficient (Wildman–Crippen LogP) is 6.19. The maximum absolute atomic E-state index is 9.79. The van der Waals surface area contributed by atoms with Crippen LogP contribution < -0.4 is 0 Å². The van der Waals surface area contributed by atoms with Gasteiger partial charge in [-0.2, -0.15) is 5.26 Å². The van der Waals surface area contributed by atoms with Crippen LogP contribution in [0.2, 0.25) is 0 Å². The van der Waals surface area contributed by atoms with E-state index < -0.39 is 0 Å². The van der Waals surface area contributed by atoms with Crippen molar-refractivity contribution in [1.29, 1.82) is 5.26 Å². The summed E-state index contributed by atoms with van der Waals surface area (Å²) >= 11 is 0. The monoisotopic (exact) mass is 367 g/mol. The minimum atomic E-state index is 0.315. The summed E-state index contributed by atoms with van der Waals surface area (Å²) in [6.07, 6.45) is 10.2. The molecule has 2 aromatic rings. The second kappa shape index (κ2) is 6.99. The first-order valence-corrected chi connectivity index (χ1v) is 10.4. The summed E-state index contributed by atoms with van der Waals surface area (Å²) in [5.74, 6) is 3.63. The second-order valence-corrected chi connectivity index (χ2v) is 8.77. The maximum atomic E-state index is 9.79. The zero-order chi connectivity index (χ0) is 19.1. The minimum Gasteiger partial charge on any atom is -0.508 e. The van der Waals surface area contributed by atoms with Gasteiger partial charge in [0.1, 0.15) is 5.75 Å². The van der Waals surface area contributed by atoms with Crippen molar-refractivity contribution in [1.82, 2.24) is 0 Å². The lowest BCUT2D eigenvalue weighted by molar-refractivity contribution is 0.0705. The topological polar surface area (TPSA) is 44.0 Å². The summed E-state index contributed by atoms with van der Waals surface area (Å²) in [4.78, 5) is 0. The molecule has 4 aliphatic carbocycles. The third-order valence-corrected chi connectivity index (χ3v) is 7.01. The van der Waals surface area contributed by atoms with Gasteiger partial charge in [-0.25, -0.2) is 0 Å². The highest BCUT2D eigenvalue weighted by Gasteiger charge is 2.46. The van der Waals surface area contributed by atoms with E-state index in [-0.39, 0.29) is 0 Å². The molecule has 4 fully saturated rings. The highest BCUT2D eigenvalue weighted by Crippen LogP contribution is 2.58. The van der Waals surface area contributed by atoms with Crippen molar-refractivity contribution in [2.75, 3.05) is 0 Å². The molecule has 2 nitrogen and oxygen atoms in total. The molecule has 6 rings (SSSR count). The molecule has 0 spiro atoms. The second-order valence-electron chi connectivity index (χ2n) is 8.77. The number of nitrogens with zero attached hydrogens (tertiary/aromatic N) is 1. The molecule has 0 radical (unpaired) electrons. The summed E-state index contributed by atoms with van der Waals surface area (Å²) in [6.45, 7) is 0. The van der Waals surface area contributed by atoms with Crippen molar-refractivity contribution in [2.45, 2.75) is 32.1 Å². The number of allylic oxidation sites excluding steroid dienone is 2. The van der Waals surface area contributed by atoms with Crippen molar-refractivity contribution in [3.8, 4) is 11.8 Å². The molecule has 0 amide bonds. The van der Waals surface area contributed by atoms with E-state index in [2.05, 4.69) is 42.5 Å². The van der Waals surface area contributed by atoms with Gasteiger partial charge < -0.3 is 5.11 Å². The molecular formula is C26H25NO. The van der Waals surface area contributed by atoms with Crippen molar-refractivity contribution in [2.24, 2.45) is 23.7 Å². The van der Waals surface area contributed by atoms with Gasteiger partial charge in [0.05, 0.1) is 6.07 Å². The molecule has 0 atom stereocenters. The van der Waals surface area contributed by atoms with E-state index in [4.69, 9.17) is 5.26 Å². The van der Waals surface area contributed by atoms with Crippen LogP contribution in [-0.2, 0) is 0 Å². The van der Waals surface area contributed by atoms with E-state index in [1.807, 2.05) is 6.08 Å². The Bertz CT molecular complexity index is 943. The van der Waals surface area contributed by atoms with Crippen LogP contribution in [0.25, 0.3) is 11.6 Å². The molecule has 2 aromatic carbocycles. The Balaban J connectivity index is 1.63. The van der Waals surface area contributed by atoms with E-state index in [0.717, 1.165) is 29.2 Å². The van der Waals surface area contributed by atoms with Crippen LogP contribution >= 0.6 is 0 Å². The van der Waals surface area contributed by atoms with Crippen molar-refractivity contribution >= 4 is 11.6 Å². The first-order valence-electron chi connectivity index (χ1n) is 10.4. The molecule has 0 saturated heterocycles. The summed E-state index contributed by atoms with van der Waals surface area (Å²) in [5.41, 5.74) is 6.55. The fourth-order valence-electron chi connectivity index (χ4n) is 6.12. The molecule has 0 aliphatic heterocycles. The average Bonchev–Trinajstić information content (AvgIpc) is 2.70. The third-order valence-electron chi connectivity index (χ3n) is 7.01. The van der Waals surface area contributed by atoms with E-state index in [1.54, 1.807) is 17.7 Å². The van der Waals surface area contributed by atoms with Crippen LogP contribution in [0, 0.1) is 35.0 Å². The summed E-state index contributed by atoms with van der Waals surface area (Å²) in [7, 11) is 0. The van der Waals surface area contributed by atoms with Crippen LogP contribution in [0.3, 0.4) is 0 Å². The zero-order valence-electron chi connectivity index (χ0n) is 16.0. The van der Waals surface area contributed by atoms with Crippen LogP contribution in [-0.4, -0.2) is 5.11 Å². The van der Waals surface area contributed by atoms with Crippen LogP contribution in [0.15, 0.2) is 60.2 Å². The molecule has 0 unspecified atom stereocenters. The first-order chi connectivity index (χ1) is 13.7. The first kappa shape index (κ1) is 17.3. The summed E-state index contributed by atoms with van der Waals surface area (Å²) in [6, 6.07) is 18.4. The van der Waals surface area contributed by atoms with Crippen LogP contribution in [0.5, 0.6) is 5.75 Å². The van der Waals surface area contributed by atoms with Crippen molar-refractivity contribution in [3.63, 3.8) is 0 Å². The molecule has 2 heteroatoms. The molecule has 4 saturated carbocycles. The standard InChI is InChI=1S/C26H25NO/c27-11-1-2-17-3-5-20(6-4-17)25(21-7-9-24(28)10-8-21)26-22-13-18-12-19(15-22)16-23(26)14-18/h1-10,18-19,22-23,28H,12-16H2/b2-1+,26-25?. The lowest BCUT2D eigenvalue weighted by Crippen LogP contribution is -2.40. The van der Waals surface area contributed by atoms with Crippen LogP contribution in [0.1, 0.15) is 48.8 Å². The summed E-state index contributed by atoms with van der Waals surface area (Å²) in [5, 5.41) is 18.6. The molecule has 140 valence electrons. The number of nitriles is 1. The number of phenolic OH excluding ortho intramolecular Hbond substituents is 1. The Morgan fingerprint density at radius 3 is 1.89 bits per heavy atom.